The number of carbonyl (C=O) groups excluding carboxylic acids is 1. The van der Waals surface area contributed by atoms with Crippen molar-refractivity contribution < 1.29 is 14.3 Å². The Balaban J connectivity index is 1.75. The lowest BCUT2D eigenvalue weighted by atomic mass is 10.1. The molecule has 0 aliphatic heterocycles. The predicted octanol–water partition coefficient (Wildman–Crippen LogP) is 3.42. The van der Waals surface area contributed by atoms with E-state index in [0.717, 1.165) is 4.90 Å². The monoisotopic (exact) mass is 339 g/mol. The van der Waals surface area contributed by atoms with Gasteiger partial charge in [0.2, 0.25) is 5.91 Å². The number of aliphatic hydroxyl groups is 1. The molecule has 2 rings (SSSR count). The van der Waals surface area contributed by atoms with Crippen LogP contribution in [-0.4, -0.2) is 23.3 Å². The number of halogens is 2. The predicted molar refractivity (Wildman–Crippen MR) is 86.5 cm³/mol. The number of rotatable bonds is 6. The summed E-state index contributed by atoms with van der Waals surface area (Å²) in [5.41, 5.74) is 0.562. The summed E-state index contributed by atoms with van der Waals surface area (Å²) < 4.78 is 12.8. The Morgan fingerprint density at radius 2 is 1.82 bits per heavy atom. The summed E-state index contributed by atoms with van der Waals surface area (Å²) in [6.07, 6.45) is -0.856. The average Bonchev–Trinajstić information content (AvgIpc) is 2.52. The lowest BCUT2D eigenvalue weighted by Gasteiger charge is -2.12. The van der Waals surface area contributed by atoms with E-state index in [4.69, 9.17) is 11.6 Å². The Morgan fingerprint density at radius 1 is 1.18 bits per heavy atom. The lowest BCUT2D eigenvalue weighted by molar-refractivity contribution is -0.119. The van der Waals surface area contributed by atoms with Crippen molar-refractivity contribution in [2.75, 3.05) is 12.3 Å². The number of aliphatic hydroxyl groups excluding tert-OH is 1. The second-order valence-electron chi connectivity index (χ2n) is 4.61. The van der Waals surface area contributed by atoms with Gasteiger partial charge in [-0.15, -0.1) is 11.8 Å². The van der Waals surface area contributed by atoms with Crippen molar-refractivity contribution in [2.24, 2.45) is 0 Å². The summed E-state index contributed by atoms with van der Waals surface area (Å²) in [6.45, 7) is 0.0889. The van der Waals surface area contributed by atoms with Crippen LogP contribution in [0.4, 0.5) is 4.39 Å². The van der Waals surface area contributed by atoms with Crippen LogP contribution < -0.4 is 5.32 Å². The minimum atomic E-state index is -0.856. The molecule has 2 aromatic rings. The summed E-state index contributed by atoms with van der Waals surface area (Å²) in [5.74, 6) is -0.293. The molecular formula is C16H15ClFNO2S. The van der Waals surface area contributed by atoms with Gasteiger partial charge >= 0.3 is 0 Å². The summed E-state index contributed by atoms with van der Waals surface area (Å²) in [7, 11) is 0. The molecule has 22 heavy (non-hydrogen) atoms. The second kappa shape index (κ2) is 8.17. The van der Waals surface area contributed by atoms with Gasteiger partial charge in [-0.1, -0.05) is 23.7 Å². The van der Waals surface area contributed by atoms with Gasteiger partial charge in [0.25, 0.3) is 0 Å². The second-order valence-corrected chi connectivity index (χ2v) is 6.10. The highest BCUT2D eigenvalue weighted by atomic mass is 35.5. The van der Waals surface area contributed by atoms with Crippen molar-refractivity contribution in [1.82, 2.24) is 5.32 Å². The van der Waals surface area contributed by atoms with E-state index in [1.54, 1.807) is 12.1 Å². The molecule has 0 saturated carbocycles. The molecular weight excluding hydrogens is 325 g/mol. The van der Waals surface area contributed by atoms with Gasteiger partial charge in [0.1, 0.15) is 5.82 Å². The highest BCUT2D eigenvalue weighted by molar-refractivity contribution is 8.00. The largest absolute Gasteiger partial charge is 0.387 e. The van der Waals surface area contributed by atoms with Crippen LogP contribution in [0.5, 0.6) is 0 Å². The molecule has 2 aromatic carbocycles. The molecule has 116 valence electrons. The molecule has 0 aliphatic rings. The fraction of sp³-hybridized carbons (Fsp3) is 0.188. The molecule has 0 heterocycles. The smallest absolute Gasteiger partial charge is 0.230 e. The van der Waals surface area contributed by atoms with E-state index in [1.807, 2.05) is 12.1 Å². The minimum Gasteiger partial charge on any atom is -0.387 e. The number of nitrogens with one attached hydrogen (secondary N) is 1. The lowest BCUT2D eigenvalue weighted by Crippen LogP contribution is -2.29. The fourth-order valence-corrected chi connectivity index (χ4v) is 2.60. The highest BCUT2D eigenvalue weighted by Gasteiger charge is 2.10. The molecule has 3 nitrogen and oxygen atoms in total. The maximum Gasteiger partial charge on any atom is 0.230 e. The first-order chi connectivity index (χ1) is 10.5. The highest BCUT2D eigenvalue weighted by Crippen LogP contribution is 2.20. The van der Waals surface area contributed by atoms with Crippen LogP contribution in [0.3, 0.4) is 0 Å². The van der Waals surface area contributed by atoms with Crippen LogP contribution in [0, 0.1) is 5.82 Å². The van der Waals surface area contributed by atoms with Crippen molar-refractivity contribution in [3.63, 3.8) is 0 Å². The van der Waals surface area contributed by atoms with Crippen LogP contribution in [0.25, 0.3) is 0 Å². The zero-order valence-electron chi connectivity index (χ0n) is 11.6. The first-order valence-corrected chi connectivity index (χ1v) is 7.99. The topological polar surface area (TPSA) is 49.3 Å². The number of hydrogen-bond donors (Lipinski definition) is 2. The molecule has 1 amide bonds. The number of amides is 1. The maximum absolute atomic E-state index is 12.8. The van der Waals surface area contributed by atoms with E-state index >= 15 is 0 Å². The molecule has 0 fully saturated rings. The van der Waals surface area contributed by atoms with E-state index in [9.17, 15) is 14.3 Å². The molecule has 0 aromatic heterocycles. The number of benzene rings is 2. The van der Waals surface area contributed by atoms with Gasteiger partial charge in [-0.3, -0.25) is 4.79 Å². The number of hydrogen-bond acceptors (Lipinski definition) is 3. The summed E-state index contributed by atoms with van der Waals surface area (Å²) >= 11 is 7.17. The third kappa shape index (κ3) is 5.33. The van der Waals surface area contributed by atoms with Crippen molar-refractivity contribution in [2.45, 2.75) is 11.0 Å². The molecule has 0 bridgehead atoms. The van der Waals surface area contributed by atoms with Gasteiger partial charge in [0.15, 0.2) is 0 Å². The summed E-state index contributed by atoms with van der Waals surface area (Å²) in [6, 6.07) is 12.7. The van der Waals surface area contributed by atoms with Crippen LogP contribution in [-0.2, 0) is 4.79 Å². The van der Waals surface area contributed by atoms with Crippen LogP contribution in [0.15, 0.2) is 53.4 Å². The van der Waals surface area contributed by atoms with E-state index < -0.39 is 6.10 Å². The van der Waals surface area contributed by atoms with Crippen LogP contribution >= 0.6 is 23.4 Å². The average molecular weight is 340 g/mol. The maximum atomic E-state index is 12.8. The van der Waals surface area contributed by atoms with Crippen molar-refractivity contribution in [3.05, 3.63) is 64.9 Å². The first kappa shape index (κ1) is 16.8. The summed E-state index contributed by atoms with van der Waals surface area (Å²) in [5, 5.41) is 13.2. The van der Waals surface area contributed by atoms with Crippen molar-refractivity contribution in [1.29, 1.82) is 0 Å². The molecule has 1 unspecified atom stereocenters. The van der Waals surface area contributed by atoms with E-state index in [0.29, 0.717) is 10.6 Å². The van der Waals surface area contributed by atoms with Gasteiger partial charge in [0.05, 0.1) is 11.9 Å². The van der Waals surface area contributed by atoms with Gasteiger partial charge in [-0.25, -0.2) is 4.39 Å². The number of thioether (sulfide) groups is 1. The van der Waals surface area contributed by atoms with Gasteiger partial charge in [-0.05, 0) is 42.0 Å². The quantitative estimate of drug-likeness (QED) is 0.793. The number of carbonyl (C=O) groups is 1. The third-order valence-electron chi connectivity index (χ3n) is 2.93. The molecule has 0 spiro atoms. The van der Waals surface area contributed by atoms with E-state index in [2.05, 4.69) is 5.32 Å². The summed E-state index contributed by atoms with van der Waals surface area (Å²) in [4.78, 5) is 12.7. The SMILES string of the molecule is O=C(CSc1ccc(Cl)cc1)NCC(O)c1ccc(F)cc1. The minimum absolute atomic E-state index is 0.0889. The fourth-order valence-electron chi connectivity index (χ4n) is 1.74. The van der Waals surface area contributed by atoms with Crippen molar-refractivity contribution in [3.8, 4) is 0 Å². The Labute approximate surface area is 137 Å². The molecule has 1 atom stereocenters. The van der Waals surface area contributed by atoms with Gasteiger partial charge < -0.3 is 10.4 Å². The van der Waals surface area contributed by atoms with Crippen LogP contribution in [0.2, 0.25) is 5.02 Å². The Kier molecular flexibility index (Phi) is 6.24. The first-order valence-electron chi connectivity index (χ1n) is 6.63. The zero-order valence-corrected chi connectivity index (χ0v) is 13.2. The third-order valence-corrected chi connectivity index (χ3v) is 4.19. The normalized spacial score (nSPS) is 12.0. The molecule has 0 aliphatic carbocycles. The molecule has 2 N–H and O–H groups in total. The van der Waals surface area contributed by atoms with Gasteiger partial charge in [0, 0.05) is 16.5 Å². The van der Waals surface area contributed by atoms with E-state index in [-0.39, 0.29) is 24.0 Å². The molecule has 6 heteroatoms. The Morgan fingerprint density at radius 3 is 2.45 bits per heavy atom. The zero-order chi connectivity index (χ0) is 15.9. The Bertz CT molecular complexity index is 619. The van der Waals surface area contributed by atoms with E-state index in [1.165, 1.54) is 36.0 Å². The van der Waals surface area contributed by atoms with Crippen LogP contribution in [0.1, 0.15) is 11.7 Å². The van der Waals surface area contributed by atoms with Crippen molar-refractivity contribution >= 4 is 29.3 Å². The van der Waals surface area contributed by atoms with Gasteiger partial charge in [-0.2, -0.15) is 0 Å². The Hall–Kier alpha value is -1.56. The standard InChI is InChI=1S/C16H15ClFNO2S/c17-12-3-7-14(8-4-12)22-10-16(21)19-9-15(20)11-1-5-13(18)6-2-11/h1-8,15,20H,9-10H2,(H,19,21). The molecule has 0 saturated heterocycles. The molecule has 0 radical (unpaired) electrons.